The number of alkyl carbamates (subject to hydrolysis) is 1. The highest BCUT2D eigenvalue weighted by atomic mass is 16.5. The molecule has 33 heavy (non-hydrogen) atoms. The first-order valence-electron chi connectivity index (χ1n) is 11.4. The number of carbonyl (C=O) groups is 3. The van der Waals surface area contributed by atoms with Crippen molar-refractivity contribution in [3.63, 3.8) is 0 Å². The van der Waals surface area contributed by atoms with Gasteiger partial charge in [0.15, 0.2) is 0 Å². The molecule has 0 saturated heterocycles. The molecule has 7 nitrogen and oxygen atoms in total. The number of carbonyl (C=O) groups excluding carboxylic acids is 2. The molecule has 176 valence electrons. The van der Waals surface area contributed by atoms with E-state index < -0.39 is 30.6 Å². The molecule has 2 amide bonds. The van der Waals surface area contributed by atoms with Crippen LogP contribution in [0.3, 0.4) is 0 Å². The van der Waals surface area contributed by atoms with Crippen molar-refractivity contribution in [3.05, 3.63) is 59.7 Å². The van der Waals surface area contributed by atoms with Gasteiger partial charge in [0.25, 0.3) is 0 Å². The minimum atomic E-state index is -1.08. The van der Waals surface area contributed by atoms with Crippen LogP contribution in [0.1, 0.15) is 50.7 Å². The van der Waals surface area contributed by atoms with E-state index in [9.17, 15) is 19.5 Å². The molecule has 0 aliphatic heterocycles. The molecule has 1 aliphatic carbocycles. The lowest BCUT2D eigenvalue weighted by atomic mass is 9.98. The Morgan fingerprint density at radius 1 is 1.03 bits per heavy atom. The average molecular weight is 453 g/mol. The summed E-state index contributed by atoms with van der Waals surface area (Å²) in [5, 5.41) is 11.9. The van der Waals surface area contributed by atoms with E-state index in [4.69, 9.17) is 4.74 Å². The lowest BCUT2D eigenvalue weighted by Crippen LogP contribution is -2.51. The fraction of sp³-hybridized carbons (Fsp3) is 0.423. The van der Waals surface area contributed by atoms with E-state index in [1.165, 1.54) is 4.90 Å². The maximum absolute atomic E-state index is 13.0. The third kappa shape index (κ3) is 5.92. The molecule has 0 unspecified atom stereocenters. The summed E-state index contributed by atoms with van der Waals surface area (Å²) in [7, 11) is 0. The molecule has 0 aromatic heterocycles. The molecule has 1 aliphatic rings. The van der Waals surface area contributed by atoms with Gasteiger partial charge in [-0.2, -0.15) is 0 Å². The van der Waals surface area contributed by atoms with Gasteiger partial charge < -0.3 is 20.1 Å². The largest absolute Gasteiger partial charge is 0.480 e. The van der Waals surface area contributed by atoms with E-state index in [0.717, 1.165) is 22.3 Å². The van der Waals surface area contributed by atoms with Gasteiger partial charge >= 0.3 is 12.1 Å². The van der Waals surface area contributed by atoms with Gasteiger partial charge in [-0.15, -0.1) is 0 Å². The highest BCUT2D eigenvalue weighted by Gasteiger charge is 2.31. The van der Waals surface area contributed by atoms with Gasteiger partial charge in [0.05, 0.1) is 0 Å². The van der Waals surface area contributed by atoms with Crippen molar-refractivity contribution in [2.24, 2.45) is 5.92 Å². The lowest BCUT2D eigenvalue weighted by Gasteiger charge is -2.28. The Labute approximate surface area is 194 Å². The number of amides is 2. The van der Waals surface area contributed by atoms with E-state index in [2.05, 4.69) is 17.4 Å². The predicted octanol–water partition coefficient (Wildman–Crippen LogP) is 4.26. The van der Waals surface area contributed by atoms with Gasteiger partial charge in [-0.05, 0) is 34.6 Å². The Morgan fingerprint density at radius 2 is 1.61 bits per heavy atom. The Bertz CT molecular complexity index is 958. The van der Waals surface area contributed by atoms with Gasteiger partial charge in [-0.1, -0.05) is 75.7 Å². The Hall–Kier alpha value is -3.35. The summed E-state index contributed by atoms with van der Waals surface area (Å²) in [5.41, 5.74) is 4.49. The summed E-state index contributed by atoms with van der Waals surface area (Å²) in [6.07, 6.45) is 0.378. The number of benzene rings is 2. The van der Waals surface area contributed by atoms with Crippen molar-refractivity contribution in [3.8, 4) is 11.1 Å². The second-order valence-corrected chi connectivity index (χ2v) is 8.82. The minimum Gasteiger partial charge on any atom is -0.480 e. The number of rotatable bonds is 10. The fourth-order valence-electron chi connectivity index (χ4n) is 4.39. The maximum atomic E-state index is 13.0. The van der Waals surface area contributed by atoms with E-state index in [-0.39, 0.29) is 18.4 Å². The van der Waals surface area contributed by atoms with E-state index >= 15 is 0 Å². The molecule has 0 spiro atoms. The number of nitrogens with zero attached hydrogens (tertiary/aromatic N) is 1. The van der Waals surface area contributed by atoms with Crippen LogP contribution in [0.25, 0.3) is 11.1 Å². The van der Waals surface area contributed by atoms with Gasteiger partial charge in [0, 0.05) is 12.5 Å². The lowest BCUT2D eigenvalue weighted by molar-refractivity contribution is -0.145. The number of fused-ring (bicyclic) bond motifs is 3. The van der Waals surface area contributed by atoms with Crippen LogP contribution in [0.4, 0.5) is 4.79 Å². The molecule has 0 bridgehead atoms. The summed E-state index contributed by atoms with van der Waals surface area (Å²) in [4.78, 5) is 38.2. The first kappa shape index (κ1) is 24.3. The summed E-state index contributed by atoms with van der Waals surface area (Å²) in [5.74, 6) is -1.46. The number of carboxylic acids is 1. The monoisotopic (exact) mass is 452 g/mol. The van der Waals surface area contributed by atoms with Crippen molar-refractivity contribution in [1.29, 1.82) is 0 Å². The van der Waals surface area contributed by atoms with Crippen LogP contribution < -0.4 is 5.32 Å². The highest BCUT2D eigenvalue weighted by Crippen LogP contribution is 2.44. The second kappa shape index (κ2) is 11.0. The van der Waals surface area contributed by atoms with Crippen LogP contribution in [-0.2, 0) is 14.3 Å². The maximum Gasteiger partial charge on any atom is 0.407 e. The topological polar surface area (TPSA) is 95.9 Å². The van der Waals surface area contributed by atoms with Crippen LogP contribution in [0.2, 0.25) is 0 Å². The number of aliphatic carboxylic acids is 1. The van der Waals surface area contributed by atoms with Crippen molar-refractivity contribution >= 4 is 18.0 Å². The van der Waals surface area contributed by atoms with E-state index in [1.54, 1.807) is 0 Å². The number of nitrogens with one attached hydrogen (secondary N) is 1. The molecule has 0 radical (unpaired) electrons. The zero-order valence-electron chi connectivity index (χ0n) is 19.4. The number of hydrogen-bond donors (Lipinski definition) is 2. The minimum absolute atomic E-state index is 0.0760. The van der Waals surface area contributed by atoms with Crippen molar-refractivity contribution in [2.45, 2.75) is 45.6 Å². The van der Waals surface area contributed by atoms with Gasteiger partial charge in [-0.25, -0.2) is 4.79 Å². The van der Waals surface area contributed by atoms with Crippen molar-refractivity contribution in [2.75, 3.05) is 19.7 Å². The summed E-state index contributed by atoms with van der Waals surface area (Å²) < 4.78 is 5.57. The summed E-state index contributed by atoms with van der Waals surface area (Å²) >= 11 is 0. The summed E-state index contributed by atoms with van der Waals surface area (Å²) in [6.45, 7) is 5.79. The van der Waals surface area contributed by atoms with Crippen molar-refractivity contribution < 1.29 is 24.2 Å². The molecule has 0 fully saturated rings. The molecule has 0 heterocycles. The van der Waals surface area contributed by atoms with Crippen LogP contribution in [0, 0.1) is 5.92 Å². The quantitative estimate of drug-likeness (QED) is 0.561. The zero-order chi connectivity index (χ0) is 24.0. The molecule has 2 aromatic rings. The molecule has 2 aromatic carbocycles. The highest BCUT2D eigenvalue weighted by molar-refractivity contribution is 5.88. The third-order valence-electron chi connectivity index (χ3n) is 5.73. The molecule has 1 atom stereocenters. The Morgan fingerprint density at radius 3 is 2.12 bits per heavy atom. The summed E-state index contributed by atoms with van der Waals surface area (Å²) in [6, 6.07) is 15.3. The SMILES string of the molecule is CCC[C@@H](NC(=O)OCC1c2ccccc2-c2ccccc21)C(=O)N(CC(=O)O)CC(C)C. The Balaban J connectivity index is 1.68. The predicted molar refractivity (Wildman–Crippen MR) is 126 cm³/mol. The average Bonchev–Trinajstić information content (AvgIpc) is 3.09. The number of carboxylic acid groups (broad SMARTS) is 1. The molecular weight excluding hydrogens is 420 g/mol. The van der Waals surface area contributed by atoms with Gasteiger partial charge in [0.1, 0.15) is 19.2 Å². The van der Waals surface area contributed by atoms with Crippen LogP contribution in [-0.4, -0.2) is 53.7 Å². The normalized spacial score (nSPS) is 13.2. The first-order chi connectivity index (χ1) is 15.8. The fourth-order valence-corrected chi connectivity index (χ4v) is 4.39. The van der Waals surface area contributed by atoms with E-state index in [1.807, 2.05) is 57.2 Å². The molecule has 2 N–H and O–H groups in total. The van der Waals surface area contributed by atoms with Crippen molar-refractivity contribution in [1.82, 2.24) is 10.2 Å². The zero-order valence-corrected chi connectivity index (χ0v) is 19.4. The number of ether oxygens (including phenoxy) is 1. The molecule has 3 rings (SSSR count). The van der Waals surface area contributed by atoms with Crippen LogP contribution in [0.15, 0.2) is 48.5 Å². The second-order valence-electron chi connectivity index (χ2n) is 8.82. The van der Waals surface area contributed by atoms with Gasteiger partial charge in [0.2, 0.25) is 5.91 Å². The van der Waals surface area contributed by atoms with Crippen LogP contribution in [0.5, 0.6) is 0 Å². The standard InChI is InChI=1S/C26H32N2O5/c1-4-9-23(25(31)28(14-17(2)3)15-24(29)30)27-26(32)33-16-22-20-12-7-5-10-18(20)19-11-6-8-13-21(19)22/h5-8,10-13,17,22-23H,4,9,14-16H2,1-3H3,(H,27,32)(H,29,30)/t23-/m1/s1. The molecule has 7 heteroatoms. The number of hydrogen-bond acceptors (Lipinski definition) is 4. The van der Waals surface area contributed by atoms with E-state index in [0.29, 0.717) is 19.4 Å². The third-order valence-corrected chi connectivity index (χ3v) is 5.73. The Kier molecular flexibility index (Phi) is 8.09. The smallest absolute Gasteiger partial charge is 0.407 e. The first-order valence-corrected chi connectivity index (χ1v) is 11.4. The van der Waals surface area contributed by atoms with Gasteiger partial charge in [-0.3, -0.25) is 9.59 Å². The molecule has 0 saturated carbocycles. The molecular formula is C26H32N2O5. The van der Waals surface area contributed by atoms with Crippen LogP contribution >= 0.6 is 0 Å².